The van der Waals surface area contributed by atoms with E-state index < -0.39 is 22.4 Å². The van der Waals surface area contributed by atoms with Gasteiger partial charge in [0.25, 0.3) is 5.69 Å². The molecule has 1 heterocycles. The van der Waals surface area contributed by atoms with E-state index in [4.69, 9.17) is 4.74 Å². The molecule has 10 heteroatoms. The van der Waals surface area contributed by atoms with Crippen LogP contribution in [0.5, 0.6) is 5.75 Å². The minimum absolute atomic E-state index is 0.104. The van der Waals surface area contributed by atoms with E-state index in [2.05, 4.69) is 0 Å². The average Bonchev–Trinajstić information content (AvgIpc) is 2.73. The first-order valence-electron chi connectivity index (χ1n) is 9.32. The van der Waals surface area contributed by atoms with Crippen LogP contribution in [0.1, 0.15) is 12.0 Å². The maximum absolute atomic E-state index is 12.9. The van der Waals surface area contributed by atoms with Gasteiger partial charge in [-0.2, -0.15) is 13.2 Å². The van der Waals surface area contributed by atoms with E-state index in [1.54, 1.807) is 21.9 Å². The van der Waals surface area contributed by atoms with E-state index in [1.807, 2.05) is 18.2 Å². The number of nitro groups is 1. The van der Waals surface area contributed by atoms with Crippen molar-refractivity contribution < 1.29 is 27.6 Å². The molecule has 1 saturated heterocycles. The number of anilines is 1. The summed E-state index contributed by atoms with van der Waals surface area (Å²) in [5.41, 5.74) is -1.54. The fourth-order valence-electron chi connectivity index (χ4n) is 3.24. The van der Waals surface area contributed by atoms with Crippen molar-refractivity contribution in [3.05, 3.63) is 64.2 Å². The van der Waals surface area contributed by atoms with E-state index in [0.717, 1.165) is 12.1 Å². The Morgan fingerprint density at radius 1 is 1.07 bits per heavy atom. The van der Waals surface area contributed by atoms with Crippen LogP contribution in [0.15, 0.2) is 48.5 Å². The van der Waals surface area contributed by atoms with Crippen LogP contribution in [0.2, 0.25) is 0 Å². The van der Waals surface area contributed by atoms with Gasteiger partial charge in [-0.05, 0) is 24.3 Å². The molecule has 1 aliphatic heterocycles. The van der Waals surface area contributed by atoms with Gasteiger partial charge in [0.15, 0.2) is 0 Å². The highest BCUT2D eigenvalue weighted by Gasteiger charge is 2.34. The Kier molecular flexibility index (Phi) is 6.43. The first-order valence-corrected chi connectivity index (χ1v) is 9.32. The zero-order valence-corrected chi connectivity index (χ0v) is 16.0. The van der Waals surface area contributed by atoms with Gasteiger partial charge in [0.05, 0.1) is 23.5 Å². The molecule has 0 saturated carbocycles. The van der Waals surface area contributed by atoms with Crippen LogP contribution >= 0.6 is 0 Å². The van der Waals surface area contributed by atoms with E-state index in [1.165, 1.54) is 0 Å². The Labute approximate surface area is 170 Å². The van der Waals surface area contributed by atoms with Crippen LogP contribution in [-0.2, 0) is 11.0 Å². The number of carbonyl (C=O) groups is 1. The second kappa shape index (κ2) is 9.02. The lowest BCUT2D eigenvalue weighted by Gasteiger charge is -2.36. The number of halogens is 3. The minimum Gasteiger partial charge on any atom is -0.493 e. The summed E-state index contributed by atoms with van der Waals surface area (Å²) in [5.74, 6) is 0.567. The molecule has 1 amide bonds. The van der Waals surface area contributed by atoms with Crippen LogP contribution in [0, 0.1) is 10.1 Å². The van der Waals surface area contributed by atoms with Crippen LogP contribution in [-0.4, -0.2) is 48.5 Å². The number of amides is 1. The third-order valence-corrected chi connectivity index (χ3v) is 4.80. The van der Waals surface area contributed by atoms with Gasteiger partial charge in [0.1, 0.15) is 11.4 Å². The second-order valence-corrected chi connectivity index (χ2v) is 6.74. The summed E-state index contributed by atoms with van der Waals surface area (Å²) in [5, 5.41) is 11.3. The molecule has 0 aromatic heterocycles. The summed E-state index contributed by atoms with van der Waals surface area (Å²) < 4.78 is 44.1. The van der Waals surface area contributed by atoms with Gasteiger partial charge >= 0.3 is 6.18 Å². The molecule has 0 unspecified atom stereocenters. The molecular formula is C20H20F3N3O4. The molecule has 7 nitrogen and oxygen atoms in total. The molecule has 2 aromatic rings. The highest BCUT2D eigenvalue weighted by molar-refractivity contribution is 5.77. The highest BCUT2D eigenvalue weighted by atomic mass is 19.4. The first kappa shape index (κ1) is 21.4. The number of hydrogen-bond acceptors (Lipinski definition) is 5. The standard InChI is InChI=1S/C20H20F3N3O4/c21-20(22,23)15-6-7-17(18(14-15)26(28)29)24-9-11-25(12-10-24)19(27)8-13-30-16-4-2-1-3-5-16/h1-7,14H,8-13H2. The van der Waals surface area contributed by atoms with Crippen molar-refractivity contribution in [2.75, 3.05) is 37.7 Å². The quantitative estimate of drug-likeness (QED) is 0.523. The number of piperazine rings is 1. The number of para-hydroxylation sites is 1. The average molecular weight is 423 g/mol. The number of alkyl halides is 3. The number of nitro benzene ring substituents is 1. The predicted molar refractivity (Wildman–Crippen MR) is 103 cm³/mol. The monoisotopic (exact) mass is 423 g/mol. The molecule has 1 aliphatic rings. The maximum atomic E-state index is 12.9. The van der Waals surface area contributed by atoms with Gasteiger partial charge in [-0.25, -0.2) is 0 Å². The molecule has 0 spiro atoms. The Bertz CT molecular complexity index is 898. The predicted octanol–water partition coefficient (Wildman–Crippen LogP) is 3.73. The van der Waals surface area contributed by atoms with Gasteiger partial charge in [-0.1, -0.05) is 18.2 Å². The van der Waals surface area contributed by atoms with Crippen molar-refractivity contribution in [3.63, 3.8) is 0 Å². The number of carbonyl (C=O) groups excluding carboxylic acids is 1. The Morgan fingerprint density at radius 2 is 1.73 bits per heavy atom. The van der Waals surface area contributed by atoms with Crippen LogP contribution in [0.3, 0.4) is 0 Å². The number of ether oxygens (including phenoxy) is 1. The van der Waals surface area contributed by atoms with Gasteiger partial charge in [0, 0.05) is 32.2 Å². The lowest BCUT2D eigenvalue weighted by molar-refractivity contribution is -0.384. The minimum atomic E-state index is -4.66. The zero-order chi connectivity index (χ0) is 21.7. The summed E-state index contributed by atoms with van der Waals surface area (Å²) in [6, 6.07) is 11.6. The number of hydrogen-bond donors (Lipinski definition) is 0. The van der Waals surface area contributed by atoms with Crippen LogP contribution in [0.4, 0.5) is 24.5 Å². The lowest BCUT2D eigenvalue weighted by atomic mass is 10.1. The molecule has 0 radical (unpaired) electrons. The third kappa shape index (κ3) is 5.19. The third-order valence-electron chi connectivity index (χ3n) is 4.80. The molecule has 1 fully saturated rings. The summed E-state index contributed by atoms with van der Waals surface area (Å²) in [7, 11) is 0. The van der Waals surface area contributed by atoms with Crippen molar-refractivity contribution in [1.29, 1.82) is 0 Å². The Hall–Kier alpha value is -3.30. The fourth-order valence-corrected chi connectivity index (χ4v) is 3.24. The van der Waals surface area contributed by atoms with Gasteiger partial charge < -0.3 is 14.5 Å². The van der Waals surface area contributed by atoms with E-state index >= 15 is 0 Å². The molecule has 30 heavy (non-hydrogen) atoms. The first-order chi connectivity index (χ1) is 14.3. The SMILES string of the molecule is O=C(CCOc1ccccc1)N1CCN(c2ccc(C(F)(F)F)cc2[N+](=O)[O-])CC1. The number of benzene rings is 2. The number of nitrogens with zero attached hydrogens (tertiary/aromatic N) is 3. The van der Waals surface area contributed by atoms with Crippen molar-refractivity contribution in [2.45, 2.75) is 12.6 Å². The molecule has 160 valence electrons. The van der Waals surface area contributed by atoms with E-state index in [9.17, 15) is 28.1 Å². The molecule has 0 N–H and O–H groups in total. The molecule has 3 rings (SSSR count). The summed E-state index contributed by atoms with van der Waals surface area (Å²) in [6.07, 6.45) is -4.47. The van der Waals surface area contributed by atoms with E-state index in [0.29, 0.717) is 24.9 Å². The Balaban J connectivity index is 1.57. The largest absolute Gasteiger partial charge is 0.493 e. The fraction of sp³-hybridized carbons (Fsp3) is 0.350. The smallest absolute Gasteiger partial charge is 0.416 e. The molecule has 2 aromatic carbocycles. The molecule has 0 bridgehead atoms. The van der Waals surface area contributed by atoms with Crippen molar-refractivity contribution in [1.82, 2.24) is 4.90 Å². The van der Waals surface area contributed by atoms with Crippen LogP contribution < -0.4 is 9.64 Å². The van der Waals surface area contributed by atoms with Crippen LogP contribution in [0.25, 0.3) is 0 Å². The van der Waals surface area contributed by atoms with Gasteiger partial charge in [0.2, 0.25) is 5.91 Å². The Morgan fingerprint density at radius 3 is 2.33 bits per heavy atom. The number of rotatable bonds is 6. The van der Waals surface area contributed by atoms with Gasteiger partial charge in [-0.3, -0.25) is 14.9 Å². The topological polar surface area (TPSA) is 75.9 Å². The van der Waals surface area contributed by atoms with Crippen molar-refractivity contribution >= 4 is 17.3 Å². The summed E-state index contributed by atoms with van der Waals surface area (Å²) in [4.78, 5) is 26.1. The lowest BCUT2D eigenvalue weighted by Crippen LogP contribution is -2.49. The maximum Gasteiger partial charge on any atom is 0.416 e. The highest BCUT2D eigenvalue weighted by Crippen LogP contribution is 2.36. The van der Waals surface area contributed by atoms with E-state index in [-0.39, 0.29) is 37.7 Å². The summed E-state index contributed by atoms with van der Waals surface area (Å²) in [6.45, 7) is 1.45. The van der Waals surface area contributed by atoms with Gasteiger partial charge in [-0.15, -0.1) is 0 Å². The molecule has 0 atom stereocenters. The summed E-state index contributed by atoms with van der Waals surface area (Å²) >= 11 is 0. The zero-order valence-electron chi connectivity index (χ0n) is 16.0. The van der Waals surface area contributed by atoms with Crippen molar-refractivity contribution in [3.8, 4) is 5.75 Å². The molecular weight excluding hydrogens is 403 g/mol. The molecule has 0 aliphatic carbocycles. The normalized spacial score (nSPS) is 14.5. The second-order valence-electron chi connectivity index (χ2n) is 6.74. The van der Waals surface area contributed by atoms with Crippen molar-refractivity contribution in [2.24, 2.45) is 0 Å².